The van der Waals surface area contributed by atoms with Crippen molar-refractivity contribution < 1.29 is 9.18 Å². The number of imidazole rings is 1. The zero-order valence-electron chi connectivity index (χ0n) is 19.2. The molecule has 0 spiro atoms. The Hall–Kier alpha value is -3.35. The van der Waals surface area contributed by atoms with Crippen LogP contribution in [0.5, 0.6) is 0 Å². The second-order valence-electron chi connectivity index (χ2n) is 9.93. The number of benzene rings is 1. The molecule has 2 N–H and O–H groups in total. The van der Waals surface area contributed by atoms with Crippen LogP contribution < -0.4 is 5.32 Å². The molecule has 0 aliphatic heterocycles. The van der Waals surface area contributed by atoms with Gasteiger partial charge in [0.25, 0.3) is 5.91 Å². The number of pyridine rings is 2. The number of aromatic nitrogens is 4. The second kappa shape index (κ2) is 8.46. The smallest absolute Gasteiger partial charge is 0.253 e. The monoisotopic (exact) mass is 457 g/mol. The number of aromatic amines is 1. The molecule has 2 saturated carbocycles. The quantitative estimate of drug-likeness (QED) is 0.408. The van der Waals surface area contributed by atoms with Crippen LogP contribution in [0.3, 0.4) is 0 Å². The highest BCUT2D eigenvalue weighted by Gasteiger charge is 2.29. The van der Waals surface area contributed by atoms with Crippen molar-refractivity contribution in [2.45, 2.75) is 63.3 Å². The minimum Gasteiger partial charge on any atom is -0.349 e. The number of fused-ring (bicyclic) bond motifs is 2. The van der Waals surface area contributed by atoms with Crippen LogP contribution in [0.1, 0.15) is 79.0 Å². The number of nitrogens with one attached hydrogen (secondary N) is 2. The molecule has 3 aromatic heterocycles. The largest absolute Gasteiger partial charge is 0.349 e. The minimum absolute atomic E-state index is 0.0667. The fourth-order valence-electron chi connectivity index (χ4n) is 5.40. The van der Waals surface area contributed by atoms with E-state index < -0.39 is 0 Å². The van der Waals surface area contributed by atoms with Crippen molar-refractivity contribution in [1.29, 1.82) is 0 Å². The predicted octanol–water partition coefficient (Wildman–Crippen LogP) is 5.61. The van der Waals surface area contributed by atoms with E-state index in [1.54, 1.807) is 18.3 Å². The number of H-pyrrole nitrogens is 1. The van der Waals surface area contributed by atoms with Gasteiger partial charge in [0.1, 0.15) is 11.6 Å². The van der Waals surface area contributed by atoms with Crippen LogP contribution in [0.4, 0.5) is 4.39 Å². The Kier molecular flexibility index (Phi) is 5.27. The molecule has 3 heterocycles. The maximum atomic E-state index is 13.9. The molecule has 7 heteroatoms. The fourth-order valence-corrected chi connectivity index (χ4v) is 5.40. The van der Waals surface area contributed by atoms with E-state index in [2.05, 4.69) is 33.3 Å². The molecular formula is C27H28FN5O. The first-order chi connectivity index (χ1) is 16.5. The summed E-state index contributed by atoms with van der Waals surface area (Å²) < 4.78 is 13.9. The third-order valence-electron chi connectivity index (χ3n) is 7.62. The SMILES string of the molecule is C[C@@H](c1nc2ncc(C(=O)NC3CC3)cc2[nH]1)C1CCC(c2ccnc3ccc(F)cc23)CC1. The molecule has 6 rings (SSSR count). The molecule has 34 heavy (non-hydrogen) atoms. The highest BCUT2D eigenvalue weighted by atomic mass is 19.1. The van der Waals surface area contributed by atoms with E-state index in [-0.39, 0.29) is 17.6 Å². The summed E-state index contributed by atoms with van der Waals surface area (Å²) in [6.45, 7) is 2.22. The Labute approximate surface area is 197 Å². The van der Waals surface area contributed by atoms with E-state index in [4.69, 9.17) is 4.98 Å². The molecule has 6 nitrogen and oxygen atoms in total. The lowest BCUT2D eigenvalue weighted by molar-refractivity contribution is 0.0951. The first-order valence-corrected chi connectivity index (χ1v) is 12.3. The number of hydrogen-bond donors (Lipinski definition) is 2. The van der Waals surface area contributed by atoms with E-state index >= 15 is 0 Å². The van der Waals surface area contributed by atoms with Gasteiger partial charge in [-0.15, -0.1) is 0 Å². The van der Waals surface area contributed by atoms with Gasteiger partial charge >= 0.3 is 0 Å². The number of carbonyl (C=O) groups excluding carboxylic acids is 1. The molecule has 0 bridgehead atoms. The van der Waals surface area contributed by atoms with E-state index in [1.165, 1.54) is 11.6 Å². The first kappa shape index (κ1) is 21.2. The predicted molar refractivity (Wildman–Crippen MR) is 129 cm³/mol. The van der Waals surface area contributed by atoms with Crippen LogP contribution in [-0.2, 0) is 0 Å². The maximum Gasteiger partial charge on any atom is 0.253 e. The van der Waals surface area contributed by atoms with E-state index in [1.807, 2.05) is 12.3 Å². The molecule has 2 aliphatic rings. The van der Waals surface area contributed by atoms with Gasteiger partial charge < -0.3 is 10.3 Å². The Bertz CT molecular complexity index is 1370. The van der Waals surface area contributed by atoms with Crippen LogP contribution in [0.2, 0.25) is 0 Å². The third-order valence-corrected chi connectivity index (χ3v) is 7.62. The van der Waals surface area contributed by atoms with Crippen molar-refractivity contribution in [2.75, 3.05) is 0 Å². The van der Waals surface area contributed by atoms with Crippen molar-refractivity contribution >= 4 is 28.0 Å². The molecule has 0 saturated heterocycles. The van der Waals surface area contributed by atoms with Crippen LogP contribution in [0, 0.1) is 11.7 Å². The van der Waals surface area contributed by atoms with Gasteiger partial charge in [0, 0.05) is 29.7 Å². The van der Waals surface area contributed by atoms with Gasteiger partial charge in [-0.05, 0) is 86.3 Å². The molecule has 2 fully saturated rings. The Morgan fingerprint density at radius 1 is 1.09 bits per heavy atom. The summed E-state index contributed by atoms with van der Waals surface area (Å²) in [5, 5.41) is 3.94. The average Bonchev–Trinajstić information content (AvgIpc) is 3.57. The molecule has 1 atom stereocenters. The van der Waals surface area contributed by atoms with E-state index in [9.17, 15) is 9.18 Å². The van der Waals surface area contributed by atoms with Crippen LogP contribution in [0.15, 0.2) is 42.7 Å². The lowest BCUT2D eigenvalue weighted by Crippen LogP contribution is -2.25. The van der Waals surface area contributed by atoms with E-state index in [0.717, 1.165) is 60.8 Å². The number of nitrogens with zero attached hydrogens (tertiary/aromatic N) is 3. The van der Waals surface area contributed by atoms with Crippen LogP contribution >= 0.6 is 0 Å². The standard InChI is InChI=1S/C27H28FN5O/c1-15(25-32-24-12-18(14-30-26(24)33-25)27(34)31-20-7-8-20)16-2-4-17(5-3-16)21-10-11-29-23-9-6-19(28)13-22(21)23/h6,9-17,20H,2-5,7-8H2,1H3,(H,31,34)(H,30,32,33)/t15-,16?,17?/m1/s1. The number of hydrogen-bond acceptors (Lipinski definition) is 4. The number of carbonyl (C=O) groups is 1. The molecule has 174 valence electrons. The summed E-state index contributed by atoms with van der Waals surface area (Å²) >= 11 is 0. The van der Waals surface area contributed by atoms with Gasteiger partial charge in [-0.1, -0.05) is 6.92 Å². The van der Waals surface area contributed by atoms with Gasteiger partial charge in [0.05, 0.1) is 16.6 Å². The molecule has 0 radical (unpaired) electrons. The molecule has 1 amide bonds. The molecule has 2 aliphatic carbocycles. The van der Waals surface area contributed by atoms with Crippen molar-refractivity contribution in [1.82, 2.24) is 25.3 Å². The molecule has 4 aromatic rings. The van der Waals surface area contributed by atoms with E-state index in [0.29, 0.717) is 29.1 Å². The average molecular weight is 458 g/mol. The summed E-state index contributed by atoms with van der Waals surface area (Å²) in [7, 11) is 0. The highest BCUT2D eigenvalue weighted by Crippen LogP contribution is 2.42. The van der Waals surface area contributed by atoms with Gasteiger partial charge in [0.2, 0.25) is 0 Å². The van der Waals surface area contributed by atoms with Gasteiger partial charge in [-0.2, -0.15) is 0 Å². The number of halogens is 1. The zero-order valence-corrected chi connectivity index (χ0v) is 19.2. The van der Waals surface area contributed by atoms with Crippen molar-refractivity contribution in [2.24, 2.45) is 5.92 Å². The van der Waals surface area contributed by atoms with Gasteiger partial charge in [-0.25, -0.2) is 14.4 Å². The Morgan fingerprint density at radius 3 is 2.71 bits per heavy atom. The van der Waals surface area contributed by atoms with Crippen LogP contribution in [0.25, 0.3) is 22.1 Å². The van der Waals surface area contributed by atoms with Crippen molar-refractivity contribution in [3.8, 4) is 0 Å². The molecule has 1 aromatic carbocycles. The normalized spacial score (nSPS) is 21.6. The first-order valence-electron chi connectivity index (χ1n) is 12.3. The summed E-state index contributed by atoms with van der Waals surface area (Å²) in [5.74, 6) is 1.85. The van der Waals surface area contributed by atoms with Gasteiger partial charge in [-0.3, -0.25) is 9.78 Å². The van der Waals surface area contributed by atoms with Crippen molar-refractivity contribution in [3.05, 3.63) is 65.5 Å². The lowest BCUT2D eigenvalue weighted by Gasteiger charge is -2.32. The highest BCUT2D eigenvalue weighted by molar-refractivity contribution is 5.96. The summed E-state index contributed by atoms with van der Waals surface area (Å²) in [4.78, 5) is 29.4. The van der Waals surface area contributed by atoms with Crippen molar-refractivity contribution in [3.63, 3.8) is 0 Å². The minimum atomic E-state index is -0.212. The van der Waals surface area contributed by atoms with Crippen LogP contribution in [-0.4, -0.2) is 31.9 Å². The zero-order chi connectivity index (χ0) is 23.2. The second-order valence-corrected chi connectivity index (χ2v) is 9.93. The number of amides is 1. The fraction of sp³-hybridized carbons (Fsp3) is 0.407. The summed E-state index contributed by atoms with van der Waals surface area (Å²) in [6.07, 6.45) is 9.87. The summed E-state index contributed by atoms with van der Waals surface area (Å²) in [6, 6.07) is 9.08. The summed E-state index contributed by atoms with van der Waals surface area (Å²) in [5.41, 5.74) is 4.10. The lowest BCUT2D eigenvalue weighted by atomic mass is 9.73. The third kappa shape index (κ3) is 4.04. The Morgan fingerprint density at radius 2 is 1.91 bits per heavy atom. The van der Waals surface area contributed by atoms with Gasteiger partial charge in [0.15, 0.2) is 5.65 Å². The molecule has 0 unspecified atom stereocenters. The topological polar surface area (TPSA) is 83.6 Å². The maximum absolute atomic E-state index is 13.9. The molecular weight excluding hydrogens is 429 g/mol. The Balaban J connectivity index is 1.16. The number of rotatable bonds is 5.